The fourth-order valence-corrected chi connectivity index (χ4v) is 4.47. The molecule has 3 rings (SSSR count). The highest BCUT2D eigenvalue weighted by atomic mass is 35.5. The van der Waals surface area contributed by atoms with Gasteiger partial charge in [-0.1, -0.05) is 19.0 Å². The van der Waals surface area contributed by atoms with Gasteiger partial charge < -0.3 is 0 Å². The molecule has 0 saturated carbocycles. The van der Waals surface area contributed by atoms with Gasteiger partial charge in [0, 0.05) is 23.7 Å². The van der Waals surface area contributed by atoms with E-state index in [1.54, 1.807) is 10.7 Å². The third-order valence-electron chi connectivity index (χ3n) is 3.65. The standard InChI is InChI=1S/C15H17ClFN3O3S2.CH4/c1-22-23-6-7-24-13-9-12(11(17)8-10(13)16)18-14-19-4-2-3-5-20(19)15(21)25-14;/h8-9H,2-7H2,1H3;1H4. The van der Waals surface area contributed by atoms with Crippen LogP contribution in [0.2, 0.25) is 5.02 Å². The molecule has 1 aliphatic heterocycles. The molecule has 0 radical (unpaired) electrons. The maximum absolute atomic E-state index is 14.3. The summed E-state index contributed by atoms with van der Waals surface area (Å²) < 4.78 is 17.8. The second kappa shape index (κ2) is 9.70. The highest BCUT2D eigenvalue weighted by Crippen LogP contribution is 2.33. The predicted molar refractivity (Wildman–Crippen MR) is 103 cm³/mol. The van der Waals surface area contributed by atoms with Crippen LogP contribution in [0, 0.1) is 5.82 Å². The van der Waals surface area contributed by atoms with Crippen molar-refractivity contribution in [3.8, 4) is 0 Å². The first-order valence-electron chi connectivity index (χ1n) is 7.73. The van der Waals surface area contributed by atoms with Crippen LogP contribution in [0.1, 0.15) is 20.3 Å². The Morgan fingerprint density at radius 1 is 1.35 bits per heavy atom. The molecule has 0 saturated heterocycles. The first-order chi connectivity index (χ1) is 12.1. The van der Waals surface area contributed by atoms with Crippen molar-refractivity contribution in [2.75, 3.05) is 19.5 Å². The van der Waals surface area contributed by atoms with E-state index in [1.807, 2.05) is 4.68 Å². The molecule has 0 fully saturated rings. The number of benzene rings is 1. The van der Waals surface area contributed by atoms with Gasteiger partial charge in [-0.15, -0.1) is 11.8 Å². The minimum Gasteiger partial charge on any atom is -0.256 e. The van der Waals surface area contributed by atoms with Gasteiger partial charge in [0.25, 0.3) is 0 Å². The quantitative estimate of drug-likeness (QED) is 0.308. The second-order valence-electron chi connectivity index (χ2n) is 5.29. The number of nitrogens with zero attached hydrogens (tertiary/aromatic N) is 3. The van der Waals surface area contributed by atoms with Crippen molar-refractivity contribution in [3.05, 3.63) is 37.4 Å². The Morgan fingerprint density at radius 2 is 2.08 bits per heavy atom. The zero-order chi connectivity index (χ0) is 17.8. The van der Waals surface area contributed by atoms with Gasteiger partial charge in [-0.25, -0.2) is 23.8 Å². The zero-order valence-corrected chi connectivity index (χ0v) is 15.9. The summed E-state index contributed by atoms with van der Waals surface area (Å²) in [7, 11) is 1.44. The van der Waals surface area contributed by atoms with E-state index in [2.05, 4.69) is 9.88 Å². The summed E-state index contributed by atoms with van der Waals surface area (Å²) in [5.74, 6) is 0.0843. The average molecular weight is 422 g/mol. The number of hydrogen-bond donors (Lipinski definition) is 0. The Balaban J connectivity index is 0.00000243. The number of hydrogen-bond acceptors (Lipinski definition) is 6. The van der Waals surface area contributed by atoms with E-state index in [4.69, 9.17) is 16.5 Å². The van der Waals surface area contributed by atoms with Gasteiger partial charge in [-0.2, -0.15) is 0 Å². The Hall–Kier alpha value is -1.13. The molecule has 1 aromatic heterocycles. The smallest absolute Gasteiger partial charge is 0.256 e. The third kappa shape index (κ3) is 4.77. The summed E-state index contributed by atoms with van der Waals surface area (Å²) in [6, 6.07) is 2.84. The molecule has 0 aliphatic carbocycles. The van der Waals surface area contributed by atoms with E-state index in [-0.39, 0.29) is 18.0 Å². The summed E-state index contributed by atoms with van der Waals surface area (Å²) in [4.78, 5) is 26.9. The zero-order valence-electron chi connectivity index (χ0n) is 13.5. The number of rotatable bonds is 6. The molecule has 1 aromatic carbocycles. The van der Waals surface area contributed by atoms with Gasteiger partial charge in [-0.05, 0) is 36.3 Å². The monoisotopic (exact) mass is 421 g/mol. The second-order valence-corrected chi connectivity index (χ2v) is 7.75. The summed E-state index contributed by atoms with van der Waals surface area (Å²) in [5, 5.41) is 0.318. The molecule has 2 aromatic rings. The van der Waals surface area contributed by atoms with Crippen LogP contribution >= 0.6 is 34.7 Å². The maximum atomic E-state index is 14.3. The number of fused-ring (bicyclic) bond motifs is 1. The van der Waals surface area contributed by atoms with Crippen molar-refractivity contribution >= 4 is 40.4 Å². The Bertz CT molecular complexity index is 879. The van der Waals surface area contributed by atoms with Gasteiger partial charge in [-0.3, -0.25) is 9.48 Å². The number of thioether (sulfide) groups is 1. The molecule has 0 unspecified atom stereocenters. The fraction of sp³-hybridized carbons (Fsp3) is 0.500. The maximum Gasteiger partial charge on any atom is 0.325 e. The van der Waals surface area contributed by atoms with Crippen LogP contribution in [0.15, 0.2) is 26.8 Å². The number of halogens is 2. The average Bonchev–Trinajstić information content (AvgIpc) is 2.92. The fourth-order valence-electron chi connectivity index (χ4n) is 2.50. The van der Waals surface area contributed by atoms with E-state index in [0.717, 1.165) is 24.2 Å². The molecule has 10 heteroatoms. The lowest BCUT2D eigenvalue weighted by molar-refractivity contribution is -0.267. The molecule has 1 aliphatic rings. The molecule has 2 heterocycles. The molecule has 26 heavy (non-hydrogen) atoms. The van der Waals surface area contributed by atoms with Crippen LogP contribution in [0.5, 0.6) is 0 Å². The van der Waals surface area contributed by atoms with Crippen molar-refractivity contribution in [3.63, 3.8) is 0 Å². The van der Waals surface area contributed by atoms with Gasteiger partial charge in [0.15, 0.2) is 0 Å². The normalized spacial score (nSPS) is 14.2. The SMILES string of the molecule is C.COOCCSc1cc(N=c2sc(=O)n3n2CCCC3)c(F)cc1Cl. The number of aromatic nitrogens is 2. The van der Waals surface area contributed by atoms with E-state index < -0.39 is 5.82 Å². The van der Waals surface area contributed by atoms with E-state index in [9.17, 15) is 9.18 Å². The lowest BCUT2D eigenvalue weighted by Gasteiger charge is -2.15. The van der Waals surface area contributed by atoms with Crippen LogP contribution in [-0.2, 0) is 22.9 Å². The summed E-state index contributed by atoms with van der Waals surface area (Å²) >= 11 is 8.55. The molecule has 6 nitrogen and oxygen atoms in total. The molecular formula is C16H21ClFN3O3S2. The van der Waals surface area contributed by atoms with Gasteiger partial charge in [0.05, 0.1) is 18.7 Å². The van der Waals surface area contributed by atoms with Crippen LogP contribution in [0.3, 0.4) is 0 Å². The van der Waals surface area contributed by atoms with Crippen molar-refractivity contribution in [1.82, 2.24) is 9.36 Å². The lowest BCUT2D eigenvalue weighted by atomic mass is 10.3. The first-order valence-corrected chi connectivity index (χ1v) is 9.91. The summed E-state index contributed by atoms with van der Waals surface area (Å²) in [5.41, 5.74) is 0.169. The van der Waals surface area contributed by atoms with Crippen LogP contribution in [-0.4, -0.2) is 28.8 Å². The van der Waals surface area contributed by atoms with Crippen molar-refractivity contribution in [2.45, 2.75) is 38.3 Å². The molecule has 0 bridgehead atoms. The van der Waals surface area contributed by atoms with Gasteiger partial charge >= 0.3 is 4.87 Å². The lowest BCUT2D eigenvalue weighted by Crippen LogP contribution is -2.31. The van der Waals surface area contributed by atoms with E-state index >= 15 is 0 Å². The predicted octanol–water partition coefficient (Wildman–Crippen LogP) is 3.84. The molecule has 0 N–H and O–H groups in total. The highest BCUT2D eigenvalue weighted by molar-refractivity contribution is 7.99. The van der Waals surface area contributed by atoms with Crippen molar-refractivity contribution < 1.29 is 14.2 Å². The largest absolute Gasteiger partial charge is 0.325 e. The minimum absolute atomic E-state index is 0. The van der Waals surface area contributed by atoms with Crippen molar-refractivity contribution in [2.24, 2.45) is 4.99 Å². The van der Waals surface area contributed by atoms with Crippen LogP contribution in [0.25, 0.3) is 0 Å². The van der Waals surface area contributed by atoms with Gasteiger partial charge in [0.1, 0.15) is 11.5 Å². The van der Waals surface area contributed by atoms with Crippen LogP contribution in [0.4, 0.5) is 10.1 Å². The third-order valence-corrected chi connectivity index (χ3v) is 5.97. The van der Waals surface area contributed by atoms with E-state index in [1.165, 1.54) is 24.9 Å². The summed E-state index contributed by atoms with van der Waals surface area (Å²) in [6.45, 7) is 1.77. The minimum atomic E-state index is -0.515. The van der Waals surface area contributed by atoms with Crippen LogP contribution < -0.4 is 9.67 Å². The molecule has 0 atom stereocenters. The Morgan fingerprint density at radius 3 is 2.81 bits per heavy atom. The first kappa shape index (κ1) is 21.2. The van der Waals surface area contributed by atoms with Crippen molar-refractivity contribution in [1.29, 1.82) is 0 Å². The van der Waals surface area contributed by atoms with Gasteiger partial charge in [0.2, 0.25) is 4.80 Å². The molecule has 0 amide bonds. The molecule has 144 valence electrons. The Kier molecular flexibility index (Phi) is 7.90. The summed E-state index contributed by atoms with van der Waals surface area (Å²) in [6.07, 6.45) is 1.95. The molecular weight excluding hydrogens is 401 g/mol. The Labute approximate surface area is 164 Å². The highest BCUT2D eigenvalue weighted by Gasteiger charge is 2.14. The molecule has 0 spiro atoms. The van der Waals surface area contributed by atoms with E-state index in [0.29, 0.717) is 40.2 Å². The topological polar surface area (TPSA) is 57.8 Å².